The summed E-state index contributed by atoms with van der Waals surface area (Å²) in [4.78, 5) is 10.7. The number of aliphatic hydroxyl groups is 1. The maximum Gasteiger partial charge on any atom is 0.130 e. The number of nitrogens with zero attached hydrogens (tertiary/aromatic N) is 3. The van der Waals surface area contributed by atoms with Gasteiger partial charge in [-0.2, -0.15) is 0 Å². The fraction of sp³-hybridized carbons (Fsp3) is 0.467. The summed E-state index contributed by atoms with van der Waals surface area (Å²) in [5, 5.41) is 10.0. The first-order valence-corrected chi connectivity index (χ1v) is 6.99. The maximum absolute atomic E-state index is 10.0. The molecule has 1 aliphatic heterocycles. The Labute approximate surface area is 118 Å². The Kier molecular flexibility index (Phi) is 3.54. The van der Waals surface area contributed by atoms with Gasteiger partial charge in [0.05, 0.1) is 11.8 Å². The van der Waals surface area contributed by atoms with Crippen molar-refractivity contribution < 1.29 is 5.11 Å². The molecule has 5 heteroatoms. The fourth-order valence-corrected chi connectivity index (χ4v) is 3.12. The van der Waals surface area contributed by atoms with Gasteiger partial charge in [0.1, 0.15) is 12.1 Å². The molecule has 1 saturated heterocycles. The van der Waals surface area contributed by atoms with Gasteiger partial charge in [-0.05, 0) is 18.4 Å². The van der Waals surface area contributed by atoms with Gasteiger partial charge in [0, 0.05) is 31.1 Å². The molecule has 1 aliphatic carbocycles. The van der Waals surface area contributed by atoms with Crippen LogP contribution in [0.15, 0.2) is 25.1 Å². The maximum atomic E-state index is 10.0. The predicted octanol–water partition coefficient (Wildman–Crippen LogP) is 0.867. The van der Waals surface area contributed by atoms with Crippen molar-refractivity contribution in [3.05, 3.63) is 36.3 Å². The summed E-state index contributed by atoms with van der Waals surface area (Å²) in [5.41, 5.74) is 9.08. The van der Waals surface area contributed by atoms with Gasteiger partial charge in [0.25, 0.3) is 0 Å². The Hall–Kier alpha value is -1.72. The van der Waals surface area contributed by atoms with Crippen LogP contribution in [0.5, 0.6) is 0 Å². The molecule has 0 unspecified atom stereocenters. The van der Waals surface area contributed by atoms with Gasteiger partial charge in [-0.1, -0.05) is 12.2 Å². The molecule has 0 bridgehead atoms. The molecule has 0 radical (unpaired) electrons. The van der Waals surface area contributed by atoms with E-state index in [9.17, 15) is 5.11 Å². The van der Waals surface area contributed by atoms with E-state index in [0.717, 1.165) is 37.2 Å². The van der Waals surface area contributed by atoms with Crippen LogP contribution in [0.2, 0.25) is 0 Å². The molecule has 3 N–H and O–H groups in total. The topological polar surface area (TPSA) is 75.3 Å². The third-order valence-corrected chi connectivity index (χ3v) is 4.18. The molecule has 1 fully saturated rings. The second kappa shape index (κ2) is 5.34. The summed E-state index contributed by atoms with van der Waals surface area (Å²) in [5.74, 6) is 0.872. The molecule has 1 aromatic heterocycles. The smallest absolute Gasteiger partial charge is 0.130 e. The van der Waals surface area contributed by atoms with Gasteiger partial charge in [-0.15, -0.1) is 6.58 Å². The molecule has 3 rings (SSSR count). The average Bonchev–Trinajstić information content (AvgIpc) is 2.97. The Morgan fingerprint density at radius 2 is 2.30 bits per heavy atom. The van der Waals surface area contributed by atoms with Crippen molar-refractivity contribution >= 4 is 11.4 Å². The van der Waals surface area contributed by atoms with E-state index in [1.54, 1.807) is 0 Å². The number of aliphatic hydroxyl groups excluding tert-OH is 1. The van der Waals surface area contributed by atoms with Crippen LogP contribution >= 0.6 is 0 Å². The molecule has 5 nitrogen and oxygen atoms in total. The first-order valence-electron chi connectivity index (χ1n) is 6.99. The lowest BCUT2D eigenvalue weighted by molar-refractivity contribution is 0.144. The van der Waals surface area contributed by atoms with Gasteiger partial charge in [-0.3, -0.25) is 4.90 Å². The summed E-state index contributed by atoms with van der Waals surface area (Å²) in [7, 11) is 0. The standard InChI is InChI=1S/C15H20N4O/c1-2-3-10-6-19(8-13(10)20)7-11-4-5-12-14(11)17-9-18-15(12)16/h2,4,9-10,13,20H,1,3,5-8H2,(H2,16,17,18)/t10-,13-/m0/s1. The van der Waals surface area contributed by atoms with Crippen molar-refractivity contribution in [2.45, 2.75) is 18.9 Å². The predicted molar refractivity (Wildman–Crippen MR) is 78.9 cm³/mol. The van der Waals surface area contributed by atoms with Crippen LogP contribution in [0.25, 0.3) is 5.57 Å². The Morgan fingerprint density at radius 3 is 3.10 bits per heavy atom. The fourth-order valence-electron chi connectivity index (χ4n) is 3.12. The lowest BCUT2D eigenvalue weighted by Gasteiger charge is -2.16. The number of hydrogen-bond donors (Lipinski definition) is 2. The van der Waals surface area contributed by atoms with Crippen molar-refractivity contribution in [1.29, 1.82) is 0 Å². The van der Waals surface area contributed by atoms with Crippen LogP contribution in [0.3, 0.4) is 0 Å². The van der Waals surface area contributed by atoms with Crippen LogP contribution < -0.4 is 5.73 Å². The summed E-state index contributed by atoms with van der Waals surface area (Å²) in [6, 6.07) is 0. The summed E-state index contributed by atoms with van der Waals surface area (Å²) >= 11 is 0. The van der Waals surface area contributed by atoms with Crippen molar-refractivity contribution in [2.75, 3.05) is 25.4 Å². The van der Waals surface area contributed by atoms with E-state index >= 15 is 0 Å². The molecular formula is C15H20N4O. The van der Waals surface area contributed by atoms with Crippen molar-refractivity contribution in [3.63, 3.8) is 0 Å². The van der Waals surface area contributed by atoms with E-state index in [1.807, 2.05) is 6.08 Å². The Balaban J connectivity index is 1.69. The lowest BCUT2D eigenvalue weighted by Crippen LogP contribution is -2.24. The van der Waals surface area contributed by atoms with E-state index in [4.69, 9.17) is 5.73 Å². The number of β-amino-alcohol motifs (C(OH)–C–C–N with tert-alkyl or cyclic N) is 1. The number of rotatable bonds is 4. The number of nitrogens with two attached hydrogens (primary N) is 1. The van der Waals surface area contributed by atoms with Gasteiger partial charge in [0.15, 0.2) is 0 Å². The highest BCUT2D eigenvalue weighted by Gasteiger charge is 2.31. The average molecular weight is 272 g/mol. The highest BCUT2D eigenvalue weighted by molar-refractivity contribution is 5.74. The molecule has 0 saturated carbocycles. The molecule has 0 aromatic carbocycles. The SMILES string of the molecule is C=CC[C@H]1CN(CC2=CCc3c(N)ncnc32)C[C@@H]1O. The zero-order chi connectivity index (χ0) is 14.1. The molecule has 106 valence electrons. The zero-order valence-electron chi connectivity index (χ0n) is 11.5. The summed E-state index contributed by atoms with van der Waals surface area (Å²) in [6.07, 6.45) is 6.99. The van der Waals surface area contributed by atoms with Crippen LogP contribution in [0, 0.1) is 5.92 Å². The minimum absolute atomic E-state index is 0.259. The van der Waals surface area contributed by atoms with Crippen molar-refractivity contribution in [3.8, 4) is 0 Å². The number of likely N-dealkylation sites (tertiary alicyclic amines) is 1. The third-order valence-electron chi connectivity index (χ3n) is 4.18. The van der Waals surface area contributed by atoms with Crippen molar-refractivity contribution in [2.24, 2.45) is 5.92 Å². The molecule has 0 amide bonds. The zero-order valence-corrected chi connectivity index (χ0v) is 11.5. The van der Waals surface area contributed by atoms with Crippen LogP contribution in [0.4, 0.5) is 5.82 Å². The van der Waals surface area contributed by atoms with E-state index in [2.05, 4.69) is 27.5 Å². The first kappa shape index (κ1) is 13.3. The highest BCUT2D eigenvalue weighted by Crippen LogP contribution is 2.30. The van der Waals surface area contributed by atoms with Gasteiger partial charge >= 0.3 is 0 Å². The van der Waals surface area contributed by atoms with Crippen LogP contribution in [0.1, 0.15) is 17.7 Å². The molecule has 2 atom stereocenters. The Morgan fingerprint density at radius 1 is 1.45 bits per heavy atom. The molecule has 2 heterocycles. The van der Waals surface area contributed by atoms with E-state index in [0.29, 0.717) is 18.3 Å². The van der Waals surface area contributed by atoms with Crippen molar-refractivity contribution in [1.82, 2.24) is 14.9 Å². The normalized spacial score (nSPS) is 25.6. The van der Waals surface area contributed by atoms with Crippen LogP contribution in [-0.2, 0) is 6.42 Å². The minimum Gasteiger partial charge on any atom is -0.391 e. The van der Waals surface area contributed by atoms with E-state index in [-0.39, 0.29) is 6.10 Å². The summed E-state index contributed by atoms with van der Waals surface area (Å²) < 4.78 is 0. The summed E-state index contributed by atoms with van der Waals surface area (Å²) in [6.45, 7) is 6.19. The molecular weight excluding hydrogens is 252 g/mol. The van der Waals surface area contributed by atoms with Gasteiger partial charge < -0.3 is 10.8 Å². The molecule has 1 aromatic rings. The van der Waals surface area contributed by atoms with Gasteiger partial charge in [0.2, 0.25) is 0 Å². The number of hydrogen-bond acceptors (Lipinski definition) is 5. The molecule has 2 aliphatic rings. The molecule has 0 spiro atoms. The number of fused-ring (bicyclic) bond motifs is 1. The van der Waals surface area contributed by atoms with Crippen LogP contribution in [-0.4, -0.2) is 45.7 Å². The second-order valence-corrected chi connectivity index (χ2v) is 5.57. The minimum atomic E-state index is -0.259. The lowest BCUT2D eigenvalue weighted by atomic mass is 10.0. The first-order chi connectivity index (χ1) is 9.69. The van der Waals surface area contributed by atoms with E-state index in [1.165, 1.54) is 11.9 Å². The quantitative estimate of drug-likeness (QED) is 0.795. The number of anilines is 1. The highest BCUT2D eigenvalue weighted by atomic mass is 16.3. The second-order valence-electron chi connectivity index (χ2n) is 5.57. The van der Waals surface area contributed by atoms with Gasteiger partial charge in [-0.25, -0.2) is 9.97 Å². The number of aromatic nitrogens is 2. The Bertz CT molecular complexity index is 555. The van der Waals surface area contributed by atoms with E-state index < -0.39 is 0 Å². The number of allylic oxidation sites excluding steroid dienone is 2. The monoisotopic (exact) mass is 272 g/mol. The molecule has 20 heavy (non-hydrogen) atoms. The largest absolute Gasteiger partial charge is 0.391 e. The third kappa shape index (κ3) is 2.34. The number of nitrogen functional groups attached to an aromatic ring is 1.